The third kappa shape index (κ3) is 6.01. The number of carbonyl (C=O) groups excluding carboxylic acids is 2. The molecule has 0 saturated carbocycles. The highest BCUT2D eigenvalue weighted by molar-refractivity contribution is 7.17. The number of amides is 2. The zero-order chi connectivity index (χ0) is 28.7. The summed E-state index contributed by atoms with van der Waals surface area (Å²) in [4.78, 5) is 37.8. The van der Waals surface area contributed by atoms with Gasteiger partial charge in [-0.25, -0.2) is 18.7 Å². The quantitative estimate of drug-likeness (QED) is 0.465. The molecule has 5 heterocycles. The summed E-state index contributed by atoms with van der Waals surface area (Å²) < 4.78 is 65.9. The number of aromatic nitrogens is 2. The maximum absolute atomic E-state index is 14.1. The van der Waals surface area contributed by atoms with Crippen LogP contribution in [0, 0.1) is 0 Å². The summed E-state index contributed by atoms with van der Waals surface area (Å²) in [5.74, 6) is -1.41. The molecule has 0 spiro atoms. The number of pyridine rings is 1. The Morgan fingerprint density at radius 3 is 2.26 bits per heavy atom. The van der Waals surface area contributed by atoms with E-state index in [0.29, 0.717) is 0 Å². The molecule has 3 saturated heterocycles. The molecule has 214 valence electrons. The molecule has 8 nitrogen and oxygen atoms in total. The average molecular weight is 576 g/mol. The second-order valence-corrected chi connectivity index (χ2v) is 11.0. The van der Waals surface area contributed by atoms with Crippen LogP contribution >= 0.6 is 11.3 Å². The fourth-order valence-corrected chi connectivity index (χ4v) is 6.35. The van der Waals surface area contributed by atoms with Crippen molar-refractivity contribution >= 4 is 29.0 Å². The number of nitrogens with zero attached hydrogens (tertiary/aromatic N) is 4. The SMILES string of the molecule is CC.CC1(O)CN(C(=O)c2nc(C(=O)N3C4CCC3CC4)c(-c3cnc(NCC(F)(F)F)cc3C(F)F)s2)C1. The van der Waals surface area contributed by atoms with Crippen molar-refractivity contribution in [3.8, 4) is 10.4 Å². The van der Waals surface area contributed by atoms with E-state index in [0.717, 1.165) is 49.3 Å². The van der Waals surface area contributed by atoms with Crippen molar-refractivity contribution in [2.24, 2.45) is 0 Å². The van der Waals surface area contributed by atoms with E-state index >= 15 is 0 Å². The average Bonchev–Trinajstić information content (AvgIpc) is 3.60. The highest BCUT2D eigenvalue weighted by atomic mass is 32.1. The first-order valence-corrected chi connectivity index (χ1v) is 13.6. The van der Waals surface area contributed by atoms with E-state index in [1.165, 1.54) is 4.90 Å². The van der Waals surface area contributed by atoms with E-state index in [4.69, 9.17) is 0 Å². The molecule has 14 heteroatoms. The van der Waals surface area contributed by atoms with Crippen molar-refractivity contribution in [3.05, 3.63) is 28.5 Å². The Balaban J connectivity index is 0.00000172. The Bertz CT molecular complexity index is 1210. The monoisotopic (exact) mass is 575 g/mol. The van der Waals surface area contributed by atoms with Crippen LogP contribution in [0.3, 0.4) is 0 Å². The van der Waals surface area contributed by atoms with Crippen molar-refractivity contribution in [2.45, 2.75) is 76.7 Å². The lowest BCUT2D eigenvalue weighted by atomic mass is 9.97. The minimum absolute atomic E-state index is 0.0112. The van der Waals surface area contributed by atoms with Gasteiger partial charge in [0, 0.05) is 29.4 Å². The van der Waals surface area contributed by atoms with E-state index in [2.05, 4.69) is 9.97 Å². The van der Waals surface area contributed by atoms with Crippen LogP contribution in [0.15, 0.2) is 12.3 Å². The molecule has 5 rings (SSSR count). The Hall–Kier alpha value is -2.87. The molecule has 3 aliphatic rings. The number of alkyl halides is 5. The first-order valence-electron chi connectivity index (χ1n) is 12.8. The molecule has 3 aliphatic heterocycles. The van der Waals surface area contributed by atoms with Gasteiger partial charge in [-0.05, 0) is 38.7 Å². The number of hydrogen-bond donors (Lipinski definition) is 2. The fraction of sp³-hybridized carbons (Fsp3) is 0.600. The van der Waals surface area contributed by atoms with Gasteiger partial charge in [0.1, 0.15) is 18.1 Å². The highest BCUT2D eigenvalue weighted by Crippen LogP contribution is 2.42. The molecular weight excluding hydrogens is 545 g/mol. The summed E-state index contributed by atoms with van der Waals surface area (Å²) >= 11 is 0.758. The first kappa shape index (κ1) is 29.1. The molecule has 3 fully saturated rings. The lowest BCUT2D eigenvalue weighted by Crippen LogP contribution is -2.61. The molecular formula is C25H30F5N5O3S. The molecule has 0 aliphatic carbocycles. The molecule has 2 amide bonds. The number of halogens is 5. The van der Waals surface area contributed by atoms with Gasteiger partial charge >= 0.3 is 6.18 Å². The number of β-amino-alcohol motifs (C(OH)–C–C–N with tert-alkyl or cyclic N) is 1. The minimum Gasteiger partial charge on any atom is -0.386 e. The fourth-order valence-electron chi connectivity index (χ4n) is 5.29. The summed E-state index contributed by atoms with van der Waals surface area (Å²) in [5.41, 5.74) is -2.00. The predicted molar refractivity (Wildman–Crippen MR) is 135 cm³/mol. The Kier molecular flexibility index (Phi) is 8.18. The van der Waals surface area contributed by atoms with Gasteiger partial charge in [0.05, 0.1) is 23.6 Å². The standard InChI is InChI=1S/C23H24F5N5O3S.C2H6/c1-22(36)9-32(10-22)21(35)19-31-16(20(34)33-11-2-3-12(33)5-4-11)17(37-19)14-7-29-15(6-13(14)18(24)25)30-8-23(26,27)28;1-2/h6-7,11-12,18,36H,2-5,8-10H2,1H3,(H,29,30);1-2H3. The van der Waals surface area contributed by atoms with Gasteiger partial charge in [0.25, 0.3) is 18.2 Å². The van der Waals surface area contributed by atoms with Crippen molar-refractivity contribution < 1.29 is 36.6 Å². The summed E-state index contributed by atoms with van der Waals surface area (Å²) in [6.45, 7) is 4.23. The molecule has 0 radical (unpaired) electrons. The van der Waals surface area contributed by atoms with Gasteiger partial charge in [-0.15, -0.1) is 11.3 Å². The lowest BCUT2D eigenvalue weighted by Gasteiger charge is -2.43. The molecule has 0 unspecified atom stereocenters. The van der Waals surface area contributed by atoms with Gasteiger partial charge in [0.15, 0.2) is 5.01 Å². The van der Waals surface area contributed by atoms with E-state index in [1.807, 2.05) is 19.2 Å². The molecule has 0 atom stereocenters. The third-order valence-electron chi connectivity index (χ3n) is 6.94. The normalized spacial score (nSPS) is 21.5. The topological polar surface area (TPSA) is 98.7 Å². The largest absolute Gasteiger partial charge is 0.405 e. The van der Waals surface area contributed by atoms with Crippen molar-refractivity contribution in [3.63, 3.8) is 0 Å². The molecule has 39 heavy (non-hydrogen) atoms. The van der Waals surface area contributed by atoms with Crippen LogP contribution in [0.2, 0.25) is 0 Å². The molecule has 2 N–H and O–H groups in total. The number of thiazole rings is 1. The van der Waals surface area contributed by atoms with E-state index in [1.54, 1.807) is 11.8 Å². The van der Waals surface area contributed by atoms with Crippen LogP contribution in [0.5, 0.6) is 0 Å². The van der Waals surface area contributed by atoms with Crippen LogP contribution in [0.1, 0.15) is 78.7 Å². The smallest absolute Gasteiger partial charge is 0.386 e. The molecule has 2 aromatic heterocycles. The van der Waals surface area contributed by atoms with E-state index in [-0.39, 0.29) is 46.3 Å². The van der Waals surface area contributed by atoms with Gasteiger partial charge in [-0.1, -0.05) is 13.8 Å². The molecule has 0 aromatic carbocycles. The predicted octanol–water partition coefficient (Wildman–Crippen LogP) is 5.12. The zero-order valence-corrected chi connectivity index (χ0v) is 22.5. The number of carbonyl (C=O) groups is 2. The highest BCUT2D eigenvalue weighted by Gasteiger charge is 2.45. The first-order chi connectivity index (χ1) is 18.3. The van der Waals surface area contributed by atoms with Crippen LogP contribution in [-0.2, 0) is 0 Å². The third-order valence-corrected chi connectivity index (χ3v) is 8.01. The maximum atomic E-state index is 14.1. The Morgan fingerprint density at radius 1 is 1.15 bits per heavy atom. The van der Waals surface area contributed by atoms with Crippen molar-refractivity contribution in [1.29, 1.82) is 0 Å². The second-order valence-electron chi connectivity index (χ2n) is 9.96. The van der Waals surface area contributed by atoms with Gasteiger partial charge in [-0.3, -0.25) is 9.59 Å². The molecule has 2 aromatic rings. The van der Waals surface area contributed by atoms with Crippen LogP contribution in [0.4, 0.5) is 27.8 Å². The van der Waals surface area contributed by atoms with Crippen molar-refractivity contribution in [1.82, 2.24) is 19.8 Å². The van der Waals surface area contributed by atoms with Crippen molar-refractivity contribution in [2.75, 3.05) is 25.0 Å². The van der Waals surface area contributed by atoms with Crippen LogP contribution in [-0.4, -0.2) is 80.2 Å². The number of anilines is 1. The minimum atomic E-state index is -4.57. The number of hydrogen-bond acceptors (Lipinski definition) is 7. The second kappa shape index (κ2) is 11.0. The van der Waals surface area contributed by atoms with Crippen LogP contribution in [0.25, 0.3) is 10.4 Å². The maximum Gasteiger partial charge on any atom is 0.405 e. The summed E-state index contributed by atoms with van der Waals surface area (Å²) in [6, 6.07) is 0.838. The Labute approximate surface area is 226 Å². The summed E-state index contributed by atoms with van der Waals surface area (Å²) in [7, 11) is 0. The van der Waals surface area contributed by atoms with Crippen LogP contribution < -0.4 is 5.32 Å². The Morgan fingerprint density at radius 2 is 1.74 bits per heavy atom. The van der Waals surface area contributed by atoms with Gasteiger partial charge in [-0.2, -0.15) is 13.2 Å². The number of aliphatic hydroxyl groups is 1. The number of rotatable bonds is 6. The number of fused-ring (bicyclic) bond motifs is 2. The number of nitrogens with one attached hydrogen (secondary N) is 1. The van der Waals surface area contributed by atoms with Gasteiger partial charge in [0.2, 0.25) is 0 Å². The lowest BCUT2D eigenvalue weighted by molar-refractivity contribution is -0.115. The molecule has 2 bridgehead atoms. The van der Waals surface area contributed by atoms with E-state index < -0.39 is 47.9 Å². The van der Waals surface area contributed by atoms with E-state index in [9.17, 15) is 36.6 Å². The summed E-state index contributed by atoms with van der Waals surface area (Å²) in [6.07, 6.45) is -3.38. The zero-order valence-electron chi connectivity index (χ0n) is 21.7. The summed E-state index contributed by atoms with van der Waals surface area (Å²) in [5, 5.41) is 11.9. The number of likely N-dealkylation sites (tertiary alicyclic amines) is 1. The van der Waals surface area contributed by atoms with Gasteiger partial charge < -0.3 is 20.2 Å².